The van der Waals surface area contributed by atoms with E-state index in [4.69, 9.17) is 27.9 Å². The van der Waals surface area contributed by atoms with Crippen LogP contribution in [0.3, 0.4) is 0 Å². The molecule has 1 N–H and O–H groups in total. The van der Waals surface area contributed by atoms with Crippen molar-refractivity contribution in [3.63, 3.8) is 0 Å². The maximum Gasteiger partial charge on any atom is 0.317 e. The number of nitrogens with one attached hydrogen (secondary N) is 1. The van der Waals surface area contributed by atoms with E-state index in [1.807, 2.05) is 6.07 Å². The van der Waals surface area contributed by atoms with Crippen molar-refractivity contribution < 1.29 is 14.3 Å². The van der Waals surface area contributed by atoms with Crippen molar-refractivity contribution in [3.05, 3.63) is 33.8 Å². The zero-order chi connectivity index (χ0) is 17.5. The third kappa shape index (κ3) is 5.00. The summed E-state index contributed by atoms with van der Waals surface area (Å²) < 4.78 is 4.87. The lowest BCUT2D eigenvalue weighted by Gasteiger charge is -2.22. The normalized spacial score (nSPS) is 15.1. The van der Waals surface area contributed by atoms with Crippen molar-refractivity contribution in [2.75, 3.05) is 39.9 Å². The third-order valence-electron chi connectivity index (χ3n) is 3.87. The minimum atomic E-state index is -0.174. The van der Waals surface area contributed by atoms with Gasteiger partial charge in [-0.2, -0.15) is 0 Å². The molecular formula is C16H21Cl2N3O3. The number of benzene rings is 1. The summed E-state index contributed by atoms with van der Waals surface area (Å²) >= 11 is 12.1. The van der Waals surface area contributed by atoms with Gasteiger partial charge in [-0.25, -0.2) is 4.79 Å². The average Bonchev–Trinajstić information content (AvgIpc) is 2.82. The fraction of sp³-hybridized carbons (Fsp3) is 0.500. The second-order valence-electron chi connectivity index (χ2n) is 5.53. The van der Waals surface area contributed by atoms with Crippen molar-refractivity contribution in [2.24, 2.45) is 0 Å². The van der Waals surface area contributed by atoms with Crippen molar-refractivity contribution in [2.45, 2.75) is 13.0 Å². The number of nitrogens with zero attached hydrogens (tertiary/aromatic N) is 2. The van der Waals surface area contributed by atoms with Gasteiger partial charge in [0.05, 0.1) is 10.0 Å². The molecule has 0 saturated carbocycles. The molecule has 1 aromatic carbocycles. The highest BCUT2D eigenvalue weighted by molar-refractivity contribution is 6.42. The summed E-state index contributed by atoms with van der Waals surface area (Å²) in [5.41, 5.74) is 0.768. The fourth-order valence-electron chi connectivity index (χ4n) is 2.55. The molecule has 6 nitrogen and oxygen atoms in total. The van der Waals surface area contributed by atoms with Gasteiger partial charge in [0.15, 0.2) is 0 Å². The largest absolute Gasteiger partial charge is 0.375 e. The molecule has 0 bridgehead atoms. The van der Waals surface area contributed by atoms with Crippen LogP contribution in [0, 0.1) is 0 Å². The van der Waals surface area contributed by atoms with Gasteiger partial charge in [-0.1, -0.05) is 35.3 Å². The van der Waals surface area contributed by atoms with E-state index in [2.05, 4.69) is 5.32 Å². The van der Waals surface area contributed by atoms with Crippen LogP contribution >= 0.6 is 23.2 Å². The average molecular weight is 374 g/mol. The molecule has 0 aromatic heterocycles. The van der Waals surface area contributed by atoms with Crippen LogP contribution in [0.15, 0.2) is 18.2 Å². The highest BCUT2D eigenvalue weighted by Gasteiger charge is 2.21. The van der Waals surface area contributed by atoms with Crippen LogP contribution in [0.5, 0.6) is 0 Å². The maximum absolute atomic E-state index is 12.3. The first-order chi connectivity index (χ1) is 11.5. The molecule has 8 heteroatoms. The Bertz CT molecular complexity index is 598. The van der Waals surface area contributed by atoms with Crippen LogP contribution in [0.2, 0.25) is 10.0 Å². The lowest BCUT2D eigenvalue weighted by atomic mass is 10.2. The Morgan fingerprint density at radius 2 is 1.88 bits per heavy atom. The number of ether oxygens (including phenoxy) is 1. The number of urea groups is 1. The van der Waals surface area contributed by atoms with Gasteiger partial charge in [0.1, 0.15) is 6.61 Å². The summed E-state index contributed by atoms with van der Waals surface area (Å²) in [5.74, 6) is -0.0505. The molecule has 24 heavy (non-hydrogen) atoms. The SMILES string of the molecule is COCC(=O)N1CCCN(C(=O)NCc2cccc(Cl)c2Cl)CC1. The molecule has 1 aliphatic heterocycles. The van der Waals surface area contributed by atoms with Crippen LogP contribution in [0.4, 0.5) is 4.79 Å². The number of carbonyl (C=O) groups is 2. The van der Waals surface area contributed by atoms with E-state index in [0.717, 1.165) is 12.0 Å². The highest BCUT2D eigenvalue weighted by atomic mass is 35.5. The van der Waals surface area contributed by atoms with Gasteiger partial charge in [0.25, 0.3) is 0 Å². The van der Waals surface area contributed by atoms with Crippen molar-refractivity contribution in [3.8, 4) is 0 Å². The van der Waals surface area contributed by atoms with Crippen LogP contribution in [-0.4, -0.2) is 61.6 Å². The highest BCUT2D eigenvalue weighted by Crippen LogP contribution is 2.25. The zero-order valence-electron chi connectivity index (χ0n) is 13.6. The summed E-state index contributed by atoms with van der Waals surface area (Å²) in [6.07, 6.45) is 0.737. The van der Waals surface area contributed by atoms with Crippen molar-refractivity contribution in [1.82, 2.24) is 15.1 Å². The predicted molar refractivity (Wildman–Crippen MR) is 93.3 cm³/mol. The van der Waals surface area contributed by atoms with Crippen molar-refractivity contribution >= 4 is 35.1 Å². The van der Waals surface area contributed by atoms with Gasteiger partial charge < -0.3 is 19.9 Å². The monoisotopic (exact) mass is 373 g/mol. The molecule has 0 atom stereocenters. The Morgan fingerprint density at radius 3 is 2.62 bits per heavy atom. The number of carbonyl (C=O) groups excluding carboxylic acids is 2. The van der Waals surface area contributed by atoms with Crippen LogP contribution in [-0.2, 0) is 16.1 Å². The molecule has 0 aliphatic carbocycles. The zero-order valence-corrected chi connectivity index (χ0v) is 15.1. The minimum Gasteiger partial charge on any atom is -0.375 e. The first kappa shape index (κ1) is 18.8. The number of amides is 3. The van der Waals surface area contributed by atoms with Gasteiger partial charge in [0.2, 0.25) is 5.91 Å². The molecule has 0 unspecified atom stereocenters. The van der Waals surface area contributed by atoms with E-state index < -0.39 is 0 Å². The number of hydrogen-bond donors (Lipinski definition) is 1. The first-order valence-electron chi connectivity index (χ1n) is 7.75. The summed E-state index contributed by atoms with van der Waals surface area (Å²) in [6.45, 7) is 2.61. The molecular weight excluding hydrogens is 353 g/mol. The second-order valence-corrected chi connectivity index (χ2v) is 6.31. The lowest BCUT2D eigenvalue weighted by molar-refractivity contribution is -0.135. The number of rotatable bonds is 4. The Balaban J connectivity index is 1.86. The fourth-order valence-corrected chi connectivity index (χ4v) is 2.94. The molecule has 0 spiro atoms. The molecule has 132 valence electrons. The Labute approximate surface area is 151 Å². The van der Waals surface area contributed by atoms with E-state index in [-0.39, 0.29) is 18.5 Å². The van der Waals surface area contributed by atoms with Gasteiger partial charge in [-0.05, 0) is 18.1 Å². The lowest BCUT2D eigenvalue weighted by Crippen LogP contribution is -2.42. The van der Waals surface area contributed by atoms with Crippen LogP contribution in [0.1, 0.15) is 12.0 Å². The molecule has 1 fully saturated rings. The third-order valence-corrected chi connectivity index (χ3v) is 4.72. The maximum atomic E-state index is 12.3. The van der Waals surface area contributed by atoms with E-state index >= 15 is 0 Å². The van der Waals surface area contributed by atoms with Gasteiger partial charge in [0, 0.05) is 39.8 Å². The van der Waals surface area contributed by atoms with Crippen LogP contribution < -0.4 is 5.32 Å². The minimum absolute atomic E-state index is 0.0505. The number of halogens is 2. The second kappa shape index (κ2) is 9.11. The van der Waals surface area contributed by atoms with E-state index in [1.54, 1.807) is 21.9 Å². The van der Waals surface area contributed by atoms with Crippen LogP contribution in [0.25, 0.3) is 0 Å². The molecule has 1 heterocycles. The number of hydrogen-bond acceptors (Lipinski definition) is 3. The molecule has 3 amide bonds. The first-order valence-corrected chi connectivity index (χ1v) is 8.51. The number of methoxy groups -OCH3 is 1. The smallest absolute Gasteiger partial charge is 0.317 e. The van der Waals surface area contributed by atoms with Gasteiger partial charge >= 0.3 is 6.03 Å². The predicted octanol–water partition coefficient (Wildman–Crippen LogP) is 2.38. The molecule has 1 saturated heterocycles. The Morgan fingerprint density at radius 1 is 1.17 bits per heavy atom. The topological polar surface area (TPSA) is 61.9 Å². The van der Waals surface area contributed by atoms with E-state index in [9.17, 15) is 9.59 Å². The van der Waals surface area contributed by atoms with Gasteiger partial charge in [-0.15, -0.1) is 0 Å². The van der Waals surface area contributed by atoms with E-state index in [1.165, 1.54) is 7.11 Å². The van der Waals surface area contributed by atoms with E-state index in [0.29, 0.717) is 42.8 Å². The summed E-state index contributed by atoms with van der Waals surface area (Å²) in [6, 6.07) is 5.14. The Hall–Kier alpha value is -1.50. The van der Waals surface area contributed by atoms with Gasteiger partial charge in [-0.3, -0.25) is 4.79 Å². The standard InChI is InChI=1S/C16H21Cl2N3O3/c1-24-11-14(22)20-6-3-7-21(9-8-20)16(23)19-10-12-4-2-5-13(17)15(12)18/h2,4-5H,3,6-11H2,1H3,(H,19,23). The summed E-state index contributed by atoms with van der Waals surface area (Å²) in [4.78, 5) is 27.6. The summed E-state index contributed by atoms with van der Waals surface area (Å²) in [5, 5.41) is 3.76. The van der Waals surface area contributed by atoms with Crippen molar-refractivity contribution in [1.29, 1.82) is 0 Å². The molecule has 1 aromatic rings. The quantitative estimate of drug-likeness (QED) is 0.880. The molecule has 1 aliphatic rings. The molecule has 0 radical (unpaired) electrons. The summed E-state index contributed by atoms with van der Waals surface area (Å²) in [7, 11) is 1.50. The Kier molecular flexibility index (Phi) is 7.15. The molecule has 2 rings (SSSR count).